The molecule has 54 valence electrons. The molecular weight excluding hydrogens is 194 g/mol. The van der Waals surface area contributed by atoms with Crippen LogP contribution in [0.25, 0.3) is 0 Å². The van der Waals surface area contributed by atoms with E-state index in [0.29, 0.717) is 0 Å². The van der Waals surface area contributed by atoms with Crippen LogP contribution in [0, 0.1) is 10.1 Å². The molecule has 0 rings (SSSR count). The molecule has 5 nitrogen and oxygen atoms in total. The molecule has 0 aromatic carbocycles. The third-order valence-electron chi connectivity index (χ3n) is 0.802. The van der Waals surface area contributed by atoms with Gasteiger partial charge in [0.1, 0.15) is 4.83 Å². The van der Waals surface area contributed by atoms with E-state index in [2.05, 4.69) is 15.9 Å². The van der Waals surface area contributed by atoms with Crippen LogP contribution in [0.2, 0.25) is 0 Å². The summed E-state index contributed by atoms with van der Waals surface area (Å²) in [5.74, 6) is -2.86. The molecule has 0 fully saturated rings. The maximum absolute atomic E-state index is 9.74. The second-order valence-electron chi connectivity index (χ2n) is 1.56. The Morgan fingerprint density at radius 1 is 1.78 bits per heavy atom. The Morgan fingerprint density at radius 3 is 2.11 bits per heavy atom. The second kappa shape index (κ2) is 2.59. The van der Waals surface area contributed by atoms with E-state index in [-0.39, 0.29) is 0 Å². The van der Waals surface area contributed by atoms with Crippen molar-refractivity contribution < 1.29 is 15.1 Å². The van der Waals surface area contributed by atoms with Gasteiger partial charge in [0.25, 0.3) is 0 Å². The third-order valence-corrected chi connectivity index (χ3v) is 1.42. The Balaban J connectivity index is 4.19. The van der Waals surface area contributed by atoms with E-state index in [1.165, 1.54) is 6.92 Å². The predicted octanol–water partition coefficient (Wildman–Crippen LogP) is -0.315. The van der Waals surface area contributed by atoms with E-state index in [1.54, 1.807) is 0 Å². The lowest BCUT2D eigenvalue weighted by atomic mass is 10.4. The minimum Gasteiger partial charge on any atom is -0.306 e. The average Bonchev–Trinajstić information content (AvgIpc) is 1.65. The Labute approximate surface area is 59.6 Å². The van der Waals surface area contributed by atoms with Crippen LogP contribution in [0.4, 0.5) is 0 Å². The van der Waals surface area contributed by atoms with Gasteiger partial charge in [0.15, 0.2) is 0 Å². The third kappa shape index (κ3) is 1.88. The molecule has 0 aromatic rings. The van der Waals surface area contributed by atoms with Gasteiger partial charge in [0.05, 0.1) is 4.92 Å². The largest absolute Gasteiger partial charge is 0.449 e. The number of hydrogen-bond donors (Lipinski definition) is 2. The fourth-order valence-corrected chi connectivity index (χ4v) is 0.312. The van der Waals surface area contributed by atoms with Gasteiger partial charge in [-0.25, -0.2) is 0 Å². The zero-order valence-electron chi connectivity index (χ0n) is 4.61. The summed E-state index contributed by atoms with van der Waals surface area (Å²) in [5.41, 5.74) is 0. The molecule has 0 saturated carbocycles. The van der Waals surface area contributed by atoms with Gasteiger partial charge in [0, 0.05) is 0 Å². The summed E-state index contributed by atoms with van der Waals surface area (Å²) < 4.78 is 0. The molecule has 0 aromatic heterocycles. The molecule has 1 unspecified atom stereocenters. The Hall–Kier alpha value is -0.200. The average molecular weight is 200 g/mol. The number of aliphatic hydroxyl groups is 2. The van der Waals surface area contributed by atoms with Crippen molar-refractivity contribution in [1.82, 2.24) is 0 Å². The summed E-state index contributed by atoms with van der Waals surface area (Å²) in [7, 11) is 0. The molecule has 0 aliphatic carbocycles. The summed E-state index contributed by atoms with van der Waals surface area (Å²) in [6, 6.07) is 0. The fraction of sp³-hybridized carbons (Fsp3) is 1.00. The normalized spacial score (nSPS) is 15.1. The highest BCUT2D eigenvalue weighted by molar-refractivity contribution is 9.09. The Kier molecular flexibility index (Phi) is 2.53. The smallest absolute Gasteiger partial charge is 0.306 e. The topological polar surface area (TPSA) is 83.6 Å². The maximum Gasteiger partial charge on any atom is 0.449 e. The molecule has 0 bridgehead atoms. The monoisotopic (exact) mass is 199 g/mol. The van der Waals surface area contributed by atoms with Gasteiger partial charge >= 0.3 is 5.91 Å². The fourth-order valence-electron chi connectivity index (χ4n) is 0.145. The van der Waals surface area contributed by atoms with Gasteiger partial charge in [-0.3, -0.25) is 10.1 Å². The van der Waals surface area contributed by atoms with Crippen molar-refractivity contribution in [2.75, 3.05) is 0 Å². The molecular formula is C3H6BrNO4. The number of halogens is 1. The summed E-state index contributed by atoms with van der Waals surface area (Å²) in [4.78, 5) is 7.58. The first kappa shape index (κ1) is 8.80. The zero-order chi connectivity index (χ0) is 7.65. The lowest BCUT2D eigenvalue weighted by molar-refractivity contribution is -0.680. The summed E-state index contributed by atoms with van der Waals surface area (Å²) >= 11 is 2.65. The predicted molar refractivity (Wildman–Crippen MR) is 32.6 cm³/mol. The van der Waals surface area contributed by atoms with Crippen molar-refractivity contribution >= 4 is 15.9 Å². The highest BCUT2D eigenvalue weighted by atomic mass is 79.9. The summed E-state index contributed by atoms with van der Waals surface area (Å²) in [6.45, 7) is 1.27. The highest BCUT2D eigenvalue weighted by Crippen LogP contribution is 2.14. The minimum absolute atomic E-state index is 0.986. The van der Waals surface area contributed by atoms with Crippen LogP contribution in [0.15, 0.2) is 0 Å². The summed E-state index contributed by atoms with van der Waals surface area (Å²) in [5, 5.41) is 26.7. The van der Waals surface area contributed by atoms with E-state index < -0.39 is 15.7 Å². The van der Waals surface area contributed by atoms with Gasteiger partial charge in [-0.15, -0.1) is 0 Å². The van der Waals surface area contributed by atoms with Crippen molar-refractivity contribution in [2.45, 2.75) is 17.7 Å². The molecule has 9 heavy (non-hydrogen) atoms. The van der Waals surface area contributed by atoms with E-state index in [0.717, 1.165) is 0 Å². The molecule has 1 atom stereocenters. The lowest BCUT2D eigenvalue weighted by Gasteiger charge is -2.13. The van der Waals surface area contributed by atoms with Gasteiger partial charge in [-0.05, 0) is 6.92 Å². The molecule has 0 radical (unpaired) electrons. The number of rotatable bonds is 2. The number of nitrogens with zero attached hydrogens (tertiary/aromatic N) is 1. The first-order valence-corrected chi connectivity index (χ1v) is 3.04. The van der Waals surface area contributed by atoms with Crippen molar-refractivity contribution in [2.24, 2.45) is 0 Å². The van der Waals surface area contributed by atoms with E-state index in [1.807, 2.05) is 0 Å². The van der Waals surface area contributed by atoms with E-state index in [9.17, 15) is 10.1 Å². The van der Waals surface area contributed by atoms with Crippen LogP contribution in [0.3, 0.4) is 0 Å². The SMILES string of the molecule is CC(Br)C(O)(O)[N+](=O)[O-]. The van der Waals surface area contributed by atoms with Gasteiger partial charge in [0.2, 0.25) is 0 Å². The van der Waals surface area contributed by atoms with Crippen LogP contribution in [-0.2, 0) is 0 Å². The standard InChI is InChI=1S/C3H6BrNO4/c1-2(4)3(6,7)5(8)9/h2,6-7H,1H3. The first-order valence-electron chi connectivity index (χ1n) is 2.12. The maximum atomic E-state index is 9.74. The van der Waals surface area contributed by atoms with E-state index >= 15 is 0 Å². The van der Waals surface area contributed by atoms with Crippen LogP contribution in [0.1, 0.15) is 6.92 Å². The Bertz CT molecular complexity index is 123. The molecule has 2 N–H and O–H groups in total. The lowest BCUT2D eigenvalue weighted by Crippen LogP contribution is -2.44. The molecule has 0 amide bonds. The van der Waals surface area contributed by atoms with Crippen LogP contribution < -0.4 is 0 Å². The second-order valence-corrected chi connectivity index (χ2v) is 2.93. The number of alkyl halides is 1. The highest BCUT2D eigenvalue weighted by Gasteiger charge is 2.43. The van der Waals surface area contributed by atoms with Crippen molar-refractivity contribution in [1.29, 1.82) is 0 Å². The first-order chi connectivity index (χ1) is 3.89. The van der Waals surface area contributed by atoms with Crippen LogP contribution >= 0.6 is 15.9 Å². The molecule has 0 saturated heterocycles. The van der Waals surface area contributed by atoms with Gasteiger partial charge in [-0.2, -0.15) is 0 Å². The molecule has 0 heterocycles. The quantitative estimate of drug-likeness (QED) is 0.277. The van der Waals surface area contributed by atoms with E-state index in [4.69, 9.17) is 10.2 Å². The van der Waals surface area contributed by atoms with Gasteiger partial charge in [-0.1, -0.05) is 15.9 Å². The summed E-state index contributed by atoms with van der Waals surface area (Å²) in [6.07, 6.45) is 0. The molecule has 0 aliphatic heterocycles. The van der Waals surface area contributed by atoms with Crippen molar-refractivity contribution in [3.63, 3.8) is 0 Å². The van der Waals surface area contributed by atoms with Gasteiger partial charge < -0.3 is 10.2 Å². The van der Waals surface area contributed by atoms with Crippen molar-refractivity contribution in [3.8, 4) is 0 Å². The Morgan fingerprint density at radius 2 is 2.11 bits per heavy atom. The number of hydrogen-bond acceptors (Lipinski definition) is 4. The van der Waals surface area contributed by atoms with Crippen LogP contribution in [-0.4, -0.2) is 25.9 Å². The zero-order valence-corrected chi connectivity index (χ0v) is 6.20. The minimum atomic E-state index is -2.86. The molecule has 0 aliphatic rings. The molecule has 0 spiro atoms. The molecule has 6 heteroatoms. The van der Waals surface area contributed by atoms with Crippen LogP contribution in [0.5, 0.6) is 0 Å². The number of nitro groups is 1. The van der Waals surface area contributed by atoms with Crippen molar-refractivity contribution in [3.05, 3.63) is 10.1 Å².